The van der Waals surface area contributed by atoms with Crippen LogP contribution in [0.25, 0.3) is 11.0 Å². The predicted molar refractivity (Wildman–Crippen MR) is 86.7 cm³/mol. The molecule has 0 bridgehead atoms. The van der Waals surface area contributed by atoms with Crippen molar-refractivity contribution in [1.82, 2.24) is 9.55 Å². The van der Waals surface area contributed by atoms with Gasteiger partial charge in [0, 0.05) is 0 Å². The largest absolute Gasteiger partial charge is 0.330 e. The number of hydrogen-bond acceptors (Lipinski definition) is 1. The summed E-state index contributed by atoms with van der Waals surface area (Å²) in [6.07, 6.45) is 0.918. The molecule has 0 aliphatic carbocycles. The highest BCUT2D eigenvalue weighted by Gasteiger charge is 2.16. The van der Waals surface area contributed by atoms with Gasteiger partial charge < -0.3 is 9.55 Å². The fourth-order valence-corrected chi connectivity index (χ4v) is 3.14. The summed E-state index contributed by atoms with van der Waals surface area (Å²) < 4.78 is 16.5. The number of nitrogens with zero attached hydrogens (tertiary/aromatic N) is 1. The Morgan fingerprint density at radius 2 is 1.95 bits per heavy atom. The normalized spacial score (nSPS) is 12.7. The van der Waals surface area contributed by atoms with Gasteiger partial charge in [-0.3, -0.25) is 0 Å². The van der Waals surface area contributed by atoms with E-state index in [0.29, 0.717) is 10.3 Å². The first-order valence-electron chi connectivity index (χ1n) is 7.07. The van der Waals surface area contributed by atoms with Crippen LogP contribution in [0.1, 0.15) is 30.5 Å². The summed E-state index contributed by atoms with van der Waals surface area (Å²) in [6, 6.07) is 13.8. The molecule has 2 nitrogen and oxygen atoms in total. The third kappa shape index (κ3) is 2.40. The Bertz CT molecular complexity index is 833. The number of halogens is 1. The lowest BCUT2D eigenvalue weighted by molar-refractivity contribution is 0.574. The average molecular weight is 300 g/mol. The topological polar surface area (TPSA) is 20.7 Å². The molecule has 0 radical (unpaired) electrons. The maximum absolute atomic E-state index is 13.7. The number of H-pyrrole nitrogens is 1. The Kier molecular flexibility index (Phi) is 3.64. The van der Waals surface area contributed by atoms with E-state index in [1.165, 1.54) is 11.6 Å². The van der Waals surface area contributed by atoms with Crippen molar-refractivity contribution >= 4 is 23.3 Å². The van der Waals surface area contributed by atoms with Crippen LogP contribution in [0.3, 0.4) is 0 Å². The molecule has 0 aliphatic rings. The van der Waals surface area contributed by atoms with Crippen LogP contribution in [0.5, 0.6) is 0 Å². The number of aryl methyl sites for hydroxylation is 1. The van der Waals surface area contributed by atoms with E-state index >= 15 is 0 Å². The first kappa shape index (κ1) is 14.0. The fraction of sp³-hybridized carbons (Fsp3) is 0.235. The molecular weight excluding hydrogens is 283 g/mol. The molecule has 0 spiro atoms. The zero-order valence-corrected chi connectivity index (χ0v) is 12.9. The van der Waals surface area contributed by atoms with Gasteiger partial charge in [-0.05, 0) is 48.8 Å². The lowest BCUT2D eigenvalue weighted by Gasteiger charge is -2.18. The maximum Gasteiger partial charge on any atom is 0.178 e. The molecule has 21 heavy (non-hydrogen) atoms. The van der Waals surface area contributed by atoms with Crippen molar-refractivity contribution in [2.24, 2.45) is 0 Å². The fourth-order valence-electron chi connectivity index (χ4n) is 2.80. The molecule has 0 aliphatic heterocycles. The Morgan fingerprint density at radius 1 is 1.24 bits per heavy atom. The molecule has 1 heterocycles. The summed E-state index contributed by atoms with van der Waals surface area (Å²) in [7, 11) is 0. The molecule has 2 aromatic carbocycles. The molecule has 0 amide bonds. The summed E-state index contributed by atoms with van der Waals surface area (Å²) in [5.41, 5.74) is 3.54. The number of hydrogen-bond donors (Lipinski definition) is 1. The molecule has 1 N–H and O–H groups in total. The van der Waals surface area contributed by atoms with Gasteiger partial charge in [0.2, 0.25) is 0 Å². The quantitative estimate of drug-likeness (QED) is 0.664. The van der Waals surface area contributed by atoms with E-state index in [9.17, 15) is 4.39 Å². The Hall–Kier alpha value is -1.94. The van der Waals surface area contributed by atoms with Crippen LogP contribution in [0.15, 0.2) is 42.5 Å². The van der Waals surface area contributed by atoms with Gasteiger partial charge in [-0.1, -0.05) is 37.3 Å². The van der Waals surface area contributed by atoms with Gasteiger partial charge in [0.25, 0.3) is 0 Å². The highest BCUT2D eigenvalue weighted by molar-refractivity contribution is 7.71. The predicted octanol–water partition coefficient (Wildman–Crippen LogP) is 5.15. The molecule has 0 saturated heterocycles. The summed E-state index contributed by atoms with van der Waals surface area (Å²) in [4.78, 5) is 3.12. The summed E-state index contributed by atoms with van der Waals surface area (Å²) in [5, 5.41) is 0. The minimum Gasteiger partial charge on any atom is -0.330 e. The molecule has 0 fully saturated rings. The van der Waals surface area contributed by atoms with Gasteiger partial charge in [-0.15, -0.1) is 0 Å². The van der Waals surface area contributed by atoms with Crippen molar-refractivity contribution in [3.8, 4) is 0 Å². The highest BCUT2D eigenvalue weighted by Crippen LogP contribution is 2.28. The Balaban J connectivity index is 2.26. The molecule has 108 valence electrons. The van der Waals surface area contributed by atoms with Crippen molar-refractivity contribution in [3.05, 3.63) is 64.2 Å². The second-order valence-corrected chi connectivity index (χ2v) is 5.64. The molecule has 1 unspecified atom stereocenters. The minimum atomic E-state index is -0.210. The SMILES string of the molecule is CCC(c1ccccc1)n1c(=S)[nH]c2cc(F)c(C)cc21. The van der Waals surface area contributed by atoms with E-state index in [0.717, 1.165) is 17.5 Å². The van der Waals surface area contributed by atoms with Gasteiger partial charge in [0.1, 0.15) is 5.82 Å². The number of aromatic amines is 1. The maximum atomic E-state index is 13.7. The number of fused-ring (bicyclic) bond motifs is 1. The third-order valence-corrected chi connectivity index (χ3v) is 4.18. The highest BCUT2D eigenvalue weighted by atomic mass is 32.1. The summed E-state index contributed by atoms with van der Waals surface area (Å²) in [6.45, 7) is 3.91. The number of aromatic nitrogens is 2. The number of nitrogens with one attached hydrogen (secondary N) is 1. The minimum absolute atomic E-state index is 0.150. The lowest BCUT2D eigenvalue weighted by atomic mass is 10.0. The number of imidazole rings is 1. The van der Waals surface area contributed by atoms with Crippen LogP contribution in [0.2, 0.25) is 0 Å². The molecule has 1 atom stereocenters. The van der Waals surface area contributed by atoms with Gasteiger partial charge in [-0.2, -0.15) is 0 Å². The second kappa shape index (κ2) is 5.45. The van der Waals surface area contributed by atoms with Crippen LogP contribution in [-0.4, -0.2) is 9.55 Å². The number of rotatable bonds is 3. The molecule has 3 aromatic rings. The van der Waals surface area contributed by atoms with E-state index in [-0.39, 0.29) is 11.9 Å². The first-order valence-corrected chi connectivity index (χ1v) is 7.48. The standard InChI is InChI=1S/C17H17FN2S/c1-3-15(12-7-5-4-6-8-12)20-16-9-11(2)13(18)10-14(16)19-17(20)21/h4-10,15H,3H2,1-2H3,(H,19,21). The number of benzene rings is 2. The second-order valence-electron chi connectivity index (χ2n) is 5.25. The molecule has 3 rings (SSSR count). The smallest absolute Gasteiger partial charge is 0.178 e. The first-order chi connectivity index (χ1) is 10.1. The monoisotopic (exact) mass is 300 g/mol. The van der Waals surface area contributed by atoms with Crippen molar-refractivity contribution < 1.29 is 4.39 Å². The summed E-state index contributed by atoms with van der Waals surface area (Å²) >= 11 is 5.47. The molecular formula is C17H17FN2S. The van der Waals surface area contributed by atoms with E-state index in [2.05, 4.69) is 28.6 Å². The van der Waals surface area contributed by atoms with Crippen molar-refractivity contribution in [1.29, 1.82) is 0 Å². The van der Waals surface area contributed by atoms with E-state index in [1.807, 2.05) is 24.3 Å². The van der Waals surface area contributed by atoms with Crippen LogP contribution in [0, 0.1) is 17.5 Å². The van der Waals surface area contributed by atoms with Crippen molar-refractivity contribution in [3.63, 3.8) is 0 Å². The zero-order valence-electron chi connectivity index (χ0n) is 12.1. The molecule has 4 heteroatoms. The van der Waals surface area contributed by atoms with Crippen LogP contribution in [-0.2, 0) is 0 Å². The van der Waals surface area contributed by atoms with Crippen LogP contribution < -0.4 is 0 Å². The molecule has 1 aromatic heterocycles. The van der Waals surface area contributed by atoms with Crippen LogP contribution in [0.4, 0.5) is 4.39 Å². The van der Waals surface area contributed by atoms with Gasteiger partial charge >= 0.3 is 0 Å². The van der Waals surface area contributed by atoms with E-state index in [1.54, 1.807) is 6.92 Å². The average Bonchev–Trinajstić information content (AvgIpc) is 2.78. The van der Waals surface area contributed by atoms with Crippen molar-refractivity contribution in [2.75, 3.05) is 0 Å². The third-order valence-electron chi connectivity index (χ3n) is 3.88. The molecule has 0 saturated carbocycles. The van der Waals surface area contributed by atoms with Crippen molar-refractivity contribution in [2.45, 2.75) is 26.3 Å². The van der Waals surface area contributed by atoms with Gasteiger partial charge in [0.05, 0.1) is 17.1 Å². The van der Waals surface area contributed by atoms with Gasteiger partial charge in [0.15, 0.2) is 4.77 Å². The van der Waals surface area contributed by atoms with Gasteiger partial charge in [-0.25, -0.2) is 4.39 Å². The lowest BCUT2D eigenvalue weighted by Crippen LogP contribution is -2.09. The summed E-state index contributed by atoms with van der Waals surface area (Å²) in [5.74, 6) is -0.210. The van der Waals surface area contributed by atoms with Crippen LogP contribution >= 0.6 is 12.2 Å². The van der Waals surface area contributed by atoms with E-state index in [4.69, 9.17) is 12.2 Å². The Morgan fingerprint density at radius 3 is 2.62 bits per heavy atom. The Labute approximate surface area is 128 Å². The van der Waals surface area contributed by atoms with E-state index < -0.39 is 0 Å². The zero-order chi connectivity index (χ0) is 15.0.